The van der Waals surface area contributed by atoms with Crippen LogP contribution in [0.25, 0.3) is 11.0 Å². The molecule has 9 nitrogen and oxygen atoms in total. The number of nitriles is 1. The van der Waals surface area contributed by atoms with Crippen LogP contribution in [-0.4, -0.2) is 37.9 Å². The molecular formula is C23H30N6O3. The summed E-state index contributed by atoms with van der Waals surface area (Å²) in [5.41, 5.74) is 0.559. The summed E-state index contributed by atoms with van der Waals surface area (Å²) in [5, 5.41) is 15.5. The largest absolute Gasteiger partial charge is 0.350 e. The zero-order valence-electron chi connectivity index (χ0n) is 18.8. The Hall–Kier alpha value is -3.15. The second kappa shape index (κ2) is 8.41. The van der Waals surface area contributed by atoms with Crippen molar-refractivity contribution in [1.29, 1.82) is 5.26 Å². The molecule has 2 aliphatic rings. The van der Waals surface area contributed by atoms with Crippen molar-refractivity contribution in [3.8, 4) is 6.07 Å². The number of nitrogens with one attached hydrogen (secondary N) is 3. The van der Waals surface area contributed by atoms with E-state index in [4.69, 9.17) is 0 Å². The maximum Gasteiger partial charge on any atom is 0.279 e. The molecule has 0 aromatic carbocycles. The number of hydrogen-bond acceptors (Lipinski definition) is 5. The summed E-state index contributed by atoms with van der Waals surface area (Å²) in [4.78, 5) is 46.0. The van der Waals surface area contributed by atoms with Crippen LogP contribution in [0.1, 0.15) is 64.2 Å². The summed E-state index contributed by atoms with van der Waals surface area (Å²) in [6.45, 7) is 5.72. The topological polar surface area (TPSA) is 133 Å². The Morgan fingerprint density at radius 1 is 1.38 bits per heavy atom. The second-order valence-corrected chi connectivity index (χ2v) is 9.69. The van der Waals surface area contributed by atoms with Crippen molar-refractivity contribution in [2.24, 2.45) is 11.8 Å². The average molecular weight is 439 g/mol. The minimum absolute atomic E-state index is 0.00818. The van der Waals surface area contributed by atoms with Crippen molar-refractivity contribution in [1.82, 2.24) is 25.2 Å². The molecule has 2 aromatic rings. The number of carbonyl (C=O) groups excluding carboxylic acids is 2. The number of hydrogen-bond donors (Lipinski definition) is 3. The van der Waals surface area contributed by atoms with Crippen molar-refractivity contribution in [2.75, 3.05) is 0 Å². The number of rotatable bonds is 7. The van der Waals surface area contributed by atoms with Gasteiger partial charge in [-0.3, -0.25) is 14.4 Å². The quantitative estimate of drug-likeness (QED) is 0.609. The first kappa shape index (κ1) is 22.1. The molecule has 3 atom stereocenters. The minimum atomic E-state index is -0.798. The van der Waals surface area contributed by atoms with Crippen molar-refractivity contribution >= 4 is 22.8 Å². The normalized spacial score (nSPS) is 21.2. The zero-order chi connectivity index (χ0) is 23.0. The summed E-state index contributed by atoms with van der Waals surface area (Å²) in [7, 11) is 0. The molecule has 2 fully saturated rings. The first-order valence-corrected chi connectivity index (χ1v) is 11.3. The number of pyridine rings is 1. The molecule has 0 bridgehead atoms. The smallest absolute Gasteiger partial charge is 0.279 e. The van der Waals surface area contributed by atoms with E-state index in [1.54, 1.807) is 19.2 Å². The number of carbonyl (C=O) groups is 2. The average Bonchev–Trinajstić information content (AvgIpc) is 3.37. The molecule has 32 heavy (non-hydrogen) atoms. The second-order valence-electron chi connectivity index (χ2n) is 9.69. The van der Waals surface area contributed by atoms with Gasteiger partial charge in [0, 0.05) is 17.7 Å². The zero-order valence-corrected chi connectivity index (χ0v) is 18.8. The fourth-order valence-electron chi connectivity index (χ4n) is 4.63. The van der Waals surface area contributed by atoms with Crippen LogP contribution in [0.4, 0.5) is 0 Å². The molecule has 1 aliphatic heterocycles. The van der Waals surface area contributed by atoms with E-state index < -0.39 is 18.0 Å². The van der Waals surface area contributed by atoms with Crippen LogP contribution in [0, 0.1) is 30.1 Å². The molecule has 4 rings (SSSR count). The standard InChI is InChI=1S/C23H30N6O3/c1-13(2)10-18(29-9-5-17-19(22(29)32)26-14(3)25-17)21(31)27-16(12-24)11-15-4-6-23(7-8-23)28-20(15)30/h5,9,13,15-16,18H,4,6-8,10-11H2,1-3H3,(H,25,26)(H,27,31)(H,28,30)/t15-,16-,18?/m0/s1. The molecule has 1 saturated heterocycles. The van der Waals surface area contributed by atoms with Gasteiger partial charge in [0.1, 0.15) is 17.9 Å². The van der Waals surface area contributed by atoms with Gasteiger partial charge < -0.3 is 20.2 Å². The van der Waals surface area contributed by atoms with Crippen molar-refractivity contribution in [2.45, 2.75) is 76.9 Å². The van der Waals surface area contributed by atoms with Gasteiger partial charge in [-0.25, -0.2) is 4.98 Å². The Morgan fingerprint density at radius 2 is 2.12 bits per heavy atom. The lowest BCUT2D eigenvalue weighted by atomic mass is 9.87. The predicted octanol–water partition coefficient (Wildman–Crippen LogP) is 2.08. The van der Waals surface area contributed by atoms with E-state index in [1.807, 2.05) is 13.8 Å². The Bertz CT molecular complexity index is 1140. The van der Waals surface area contributed by atoms with Crippen molar-refractivity contribution in [3.63, 3.8) is 0 Å². The summed E-state index contributed by atoms with van der Waals surface area (Å²) >= 11 is 0. The van der Waals surface area contributed by atoms with Gasteiger partial charge in [-0.2, -0.15) is 5.26 Å². The van der Waals surface area contributed by atoms with Crippen LogP contribution in [-0.2, 0) is 9.59 Å². The van der Waals surface area contributed by atoms with E-state index >= 15 is 0 Å². The summed E-state index contributed by atoms with van der Waals surface area (Å²) in [6, 6.07) is 2.30. The lowest BCUT2D eigenvalue weighted by Crippen LogP contribution is -2.48. The molecule has 3 N–H and O–H groups in total. The molecule has 170 valence electrons. The van der Waals surface area contributed by atoms with Crippen LogP contribution >= 0.6 is 0 Å². The molecule has 1 spiro atoms. The SMILES string of the molecule is Cc1nc2c(=O)n(C(CC(C)C)C(=O)N[C@H](C#N)C[C@@H]3CCC4(CC4)NC3=O)ccc2[nH]1. The Kier molecular flexibility index (Phi) is 5.80. The van der Waals surface area contributed by atoms with Crippen LogP contribution in [0.2, 0.25) is 0 Å². The number of amides is 2. The summed E-state index contributed by atoms with van der Waals surface area (Å²) < 4.78 is 1.40. The van der Waals surface area contributed by atoms with E-state index in [0.29, 0.717) is 17.8 Å². The van der Waals surface area contributed by atoms with Gasteiger partial charge in [-0.05, 0) is 57.4 Å². The summed E-state index contributed by atoms with van der Waals surface area (Å²) in [6.07, 6.45) is 5.99. The Balaban J connectivity index is 1.51. The maximum atomic E-state index is 13.2. The maximum absolute atomic E-state index is 13.2. The predicted molar refractivity (Wildman–Crippen MR) is 119 cm³/mol. The number of nitrogens with zero attached hydrogens (tertiary/aromatic N) is 3. The first-order valence-electron chi connectivity index (χ1n) is 11.3. The van der Waals surface area contributed by atoms with Gasteiger partial charge >= 0.3 is 0 Å². The first-order chi connectivity index (χ1) is 15.2. The number of piperidine rings is 1. The fourth-order valence-corrected chi connectivity index (χ4v) is 4.63. The Morgan fingerprint density at radius 3 is 2.75 bits per heavy atom. The molecule has 1 unspecified atom stereocenters. The molecular weight excluding hydrogens is 408 g/mol. The van der Waals surface area contributed by atoms with Crippen molar-refractivity contribution in [3.05, 3.63) is 28.4 Å². The molecule has 1 saturated carbocycles. The van der Waals surface area contributed by atoms with Crippen molar-refractivity contribution < 1.29 is 9.59 Å². The van der Waals surface area contributed by atoms with Gasteiger partial charge in [-0.15, -0.1) is 0 Å². The lowest BCUT2D eigenvalue weighted by Gasteiger charge is -2.30. The van der Waals surface area contributed by atoms with Crippen LogP contribution in [0.15, 0.2) is 17.1 Å². The van der Waals surface area contributed by atoms with Crippen LogP contribution in [0.3, 0.4) is 0 Å². The van der Waals surface area contributed by atoms with Gasteiger partial charge in [0.15, 0.2) is 5.52 Å². The van der Waals surface area contributed by atoms with Crippen LogP contribution in [0.5, 0.6) is 0 Å². The highest BCUT2D eigenvalue weighted by molar-refractivity contribution is 5.83. The summed E-state index contributed by atoms with van der Waals surface area (Å²) in [5.74, 6) is 0.0591. The highest BCUT2D eigenvalue weighted by Crippen LogP contribution is 2.44. The number of aromatic amines is 1. The highest BCUT2D eigenvalue weighted by atomic mass is 16.2. The Labute approximate surface area is 186 Å². The van der Waals surface area contributed by atoms with E-state index in [0.717, 1.165) is 25.7 Å². The van der Waals surface area contributed by atoms with E-state index in [2.05, 4.69) is 26.7 Å². The molecule has 2 aromatic heterocycles. The monoisotopic (exact) mass is 438 g/mol. The fraction of sp³-hybridized carbons (Fsp3) is 0.609. The third-order valence-corrected chi connectivity index (χ3v) is 6.60. The number of aryl methyl sites for hydroxylation is 1. The molecule has 3 heterocycles. The molecule has 0 radical (unpaired) electrons. The number of aromatic nitrogens is 3. The number of fused-ring (bicyclic) bond motifs is 1. The van der Waals surface area contributed by atoms with E-state index in [-0.39, 0.29) is 40.8 Å². The minimum Gasteiger partial charge on any atom is -0.350 e. The van der Waals surface area contributed by atoms with Gasteiger partial charge in [0.2, 0.25) is 11.8 Å². The van der Waals surface area contributed by atoms with Gasteiger partial charge in [0.25, 0.3) is 5.56 Å². The third kappa shape index (κ3) is 4.40. The third-order valence-electron chi connectivity index (χ3n) is 6.60. The number of imidazole rings is 1. The molecule has 2 amide bonds. The van der Waals surface area contributed by atoms with E-state index in [1.165, 1.54) is 4.57 Å². The lowest BCUT2D eigenvalue weighted by molar-refractivity contribution is -0.130. The highest BCUT2D eigenvalue weighted by Gasteiger charge is 2.48. The van der Waals surface area contributed by atoms with Crippen LogP contribution < -0.4 is 16.2 Å². The van der Waals surface area contributed by atoms with E-state index in [9.17, 15) is 19.6 Å². The molecule has 1 aliphatic carbocycles. The molecule has 9 heteroatoms. The number of H-pyrrole nitrogens is 1. The van der Waals surface area contributed by atoms with Gasteiger partial charge in [0.05, 0.1) is 11.6 Å². The van der Waals surface area contributed by atoms with Gasteiger partial charge in [-0.1, -0.05) is 13.8 Å².